The van der Waals surface area contributed by atoms with Crippen LogP contribution in [0.25, 0.3) is 0 Å². The number of aliphatic hydroxyl groups is 1. The molecule has 1 aromatic heterocycles. The maximum atomic E-state index is 12.7. The minimum absolute atomic E-state index is 0.000409. The summed E-state index contributed by atoms with van der Waals surface area (Å²) in [5.74, 6) is 0.000409. The topological polar surface area (TPSA) is 65.5 Å². The number of aromatic nitrogens is 1. The number of nitrogens with zero attached hydrogens (tertiary/aromatic N) is 2. The van der Waals surface area contributed by atoms with Crippen LogP contribution < -0.4 is 5.32 Å². The van der Waals surface area contributed by atoms with Crippen molar-refractivity contribution in [1.29, 1.82) is 0 Å². The third-order valence-corrected chi connectivity index (χ3v) is 5.97. The summed E-state index contributed by atoms with van der Waals surface area (Å²) < 4.78 is 0. The number of carbonyl (C=O) groups is 1. The standard InChI is InChI=1S/C26H29N3O2/c1-29(18-20-6-5-15-27-17-20)26(31)22-11-9-19(10-12-22)16-23-13-14-24(28-23)25(30)21-7-3-2-4-8-21/h2-12,15,17,23-25,28,30H,13-14,16,18H2,1H3/t23-,24+,25?/m0/s1. The fourth-order valence-corrected chi connectivity index (χ4v) is 4.27. The summed E-state index contributed by atoms with van der Waals surface area (Å²) in [7, 11) is 1.81. The Hall–Kier alpha value is -3.02. The molecule has 5 heteroatoms. The van der Waals surface area contributed by atoms with E-state index in [0.29, 0.717) is 18.2 Å². The Kier molecular flexibility index (Phi) is 6.75. The molecule has 1 fully saturated rings. The first kappa shape index (κ1) is 21.2. The van der Waals surface area contributed by atoms with Crippen LogP contribution in [0.2, 0.25) is 0 Å². The van der Waals surface area contributed by atoms with Crippen molar-refractivity contribution >= 4 is 5.91 Å². The lowest BCUT2D eigenvalue weighted by molar-refractivity contribution is 0.0785. The van der Waals surface area contributed by atoms with Gasteiger partial charge in [0.05, 0.1) is 6.10 Å². The van der Waals surface area contributed by atoms with Crippen molar-refractivity contribution in [3.63, 3.8) is 0 Å². The van der Waals surface area contributed by atoms with E-state index < -0.39 is 6.10 Å². The molecule has 3 aromatic rings. The lowest BCUT2D eigenvalue weighted by atomic mass is 10.0. The van der Waals surface area contributed by atoms with Crippen LogP contribution in [0, 0.1) is 0 Å². The van der Waals surface area contributed by atoms with Gasteiger partial charge in [0.25, 0.3) is 5.91 Å². The van der Waals surface area contributed by atoms with Gasteiger partial charge < -0.3 is 15.3 Å². The van der Waals surface area contributed by atoms with E-state index in [4.69, 9.17) is 0 Å². The van der Waals surface area contributed by atoms with Crippen molar-refractivity contribution in [2.75, 3.05) is 7.05 Å². The SMILES string of the molecule is CN(Cc1cccnc1)C(=O)c1ccc(C[C@@H]2CC[C@H](C(O)c3ccccc3)N2)cc1. The quantitative estimate of drug-likeness (QED) is 0.617. The van der Waals surface area contributed by atoms with Crippen molar-refractivity contribution in [2.24, 2.45) is 0 Å². The van der Waals surface area contributed by atoms with Gasteiger partial charge in [-0.2, -0.15) is 0 Å². The first-order chi connectivity index (χ1) is 15.1. The van der Waals surface area contributed by atoms with Gasteiger partial charge in [0.1, 0.15) is 0 Å². The highest BCUT2D eigenvalue weighted by molar-refractivity contribution is 5.94. The average molecular weight is 416 g/mol. The second kappa shape index (κ2) is 9.86. The smallest absolute Gasteiger partial charge is 0.253 e. The van der Waals surface area contributed by atoms with Crippen LogP contribution in [-0.4, -0.2) is 40.0 Å². The number of benzene rings is 2. The highest BCUT2D eigenvalue weighted by Gasteiger charge is 2.29. The summed E-state index contributed by atoms with van der Waals surface area (Å²) in [5, 5.41) is 14.2. The number of carbonyl (C=O) groups excluding carboxylic acids is 1. The van der Waals surface area contributed by atoms with Gasteiger partial charge in [0, 0.05) is 43.6 Å². The highest BCUT2D eigenvalue weighted by Crippen LogP contribution is 2.26. The molecule has 3 atom stereocenters. The molecule has 160 valence electrons. The predicted octanol–water partition coefficient (Wildman–Crippen LogP) is 3.75. The van der Waals surface area contributed by atoms with Crippen LogP contribution >= 0.6 is 0 Å². The van der Waals surface area contributed by atoms with Crippen molar-refractivity contribution in [1.82, 2.24) is 15.2 Å². The summed E-state index contributed by atoms with van der Waals surface area (Å²) in [4.78, 5) is 18.5. The number of nitrogens with one attached hydrogen (secondary N) is 1. The van der Waals surface area contributed by atoms with Gasteiger partial charge in [0.2, 0.25) is 0 Å². The maximum Gasteiger partial charge on any atom is 0.253 e. The molecule has 1 aliphatic rings. The molecule has 0 radical (unpaired) electrons. The fourth-order valence-electron chi connectivity index (χ4n) is 4.27. The average Bonchev–Trinajstić information content (AvgIpc) is 3.28. The normalized spacial score (nSPS) is 19.2. The van der Waals surface area contributed by atoms with E-state index in [1.54, 1.807) is 17.3 Å². The summed E-state index contributed by atoms with van der Waals surface area (Å²) in [6, 6.07) is 22.0. The van der Waals surface area contributed by atoms with Gasteiger partial charge in [-0.1, -0.05) is 48.5 Å². The van der Waals surface area contributed by atoms with E-state index >= 15 is 0 Å². The lowest BCUT2D eigenvalue weighted by Gasteiger charge is -2.20. The van der Waals surface area contributed by atoms with Crippen molar-refractivity contribution in [2.45, 2.75) is 44.0 Å². The molecule has 2 heterocycles. The lowest BCUT2D eigenvalue weighted by Crippen LogP contribution is -2.35. The zero-order valence-electron chi connectivity index (χ0n) is 17.8. The predicted molar refractivity (Wildman–Crippen MR) is 122 cm³/mol. The molecule has 31 heavy (non-hydrogen) atoms. The van der Waals surface area contributed by atoms with Crippen LogP contribution in [0.4, 0.5) is 0 Å². The molecule has 0 aliphatic carbocycles. The maximum absolute atomic E-state index is 12.7. The van der Waals surface area contributed by atoms with Crippen LogP contribution in [0.3, 0.4) is 0 Å². The zero-order chi connectivity index (χ0) is 21.6. The monoisotopic (exact) mass is 415 g/mol. The van der Waals surface area contributed by atoms with E-state index in [9.17, 15) is 9.90 Å². The molecular formula is C26H29N3O2. The molecule has 5 nitrogen and oxygen atoms in total. The van der Waals surface area contributed by atoms with E-state index in [-0.39, 0.29) is 11.9 Å². The molecule has 0 bridgehead atoms. The molecule has 2 N–H and O–H groups in total. The number of rotatable bonds is 7. The van der Waals surface area contributed by atoms with Crippen LogP contribution in [0.1, 0.15) is 46.0 Å². The Balaban J connectivity index is 1.31. The number of amides is 1. The largest absolute Gasteiger partial charge is 0.387 e. The molecule has 1 amide bonds. The highest BCUT2D eigenvalue weighted by atomic mass is 16.3. The number of hydrogen-bond donors (Lipinski definition) is 2. The van der Waals surface area contributed by atoms with E-state index in [1.165, 1.54) is 5.56 Å². The Morgan fingerprint density at radius 1 is 1.06 bits per heavy atom. The van der Waals surface area contributed by atoms with Gasteiger partial charge in [0.15, 0.2) is 0 Å². The number of pyridine rings is 1. The van der Waals surface area contributed by atoms with Gasteiger partial charge in [-0.25, -0.2) is 0 Å². The number of hydrogen-bond acceptors (Lipinski definition) is 4. The van der Waals surface area contributed by atoms with Crippen LogP contribution in [0.15, 0.2) is 79.1 Å². The number of aliphatic hydroxyl groups excluding tert-OH is 1. The molecule has 0 spiro atoms. The zero-order valence-corrected chi connectivity index (χ0v) is 17.8. The summed E-state index contributed by atoms with van der Waals surface area (Å²) in [6.07, 6.45) is 5.90. The third-order valence-electron chi connectivity index (χ3n) is 5.97. The molecule has 2 aromatic carbocycles. The van der Waals surface area contributed by atoms with E-state index in [0.717, 1.165) is 30.4 Å². The molecule has 0 saturated carbocycles. The van der Waals surface area contributed by atoms with Crippen LogP contribution in [-0.2, 0) is 13.0 Å². The Bertz CT molecular complexity index is 977. The molecule has 1 unspecified atom stereocenters. The second-order valence-electron chi connectivity index (χ2n) is 8.33. The minimum Gasteiger partial charge on any atom is -0.387 e. The Morgan fingerprint density at radius 2 is 1.84 bits per heavy atom. The fraction of sp³-hybridized carbons (Fsp3) is 0.308. The summed E-state index contributed by atoms with van der Waals surface area (Å²) in [6.45, 7) is 0.533. The van der Waals surface area contributed by atoms with Crippen molar-refractivity contribution in [3.8, 4) is 0 Å². The van der Waals surface area contributed by atoms with Crippen LogP contribution in [0.5, 0.6) is 0 Å². The Morgan fingerprint density at radius 3 is 2.55 bits per heavy atom. The van der Waals surface area contributed by atoms with Gasteiger partial charge in [-0.3, -0.25) is 9.78 Å². The second-order valence-corrected chi connectivity index (χ2v) is 8.33. The first-order valence-corrected chi connectivity index (χ1v) is 10.8. The van der Waals surface area contributed by atoms with Crippen molar-refractivity contribution < 1.29 is 9.90 Å². The van der Waals surface area contributed by atoms with Gasteiger partial charge >= 0.3 is 0 Å². The minimum atomic E-state index is -0.485. The molecule has 4 rings (SSSR count). The molecule has 1 saturated heterocycles. The summed E-state index contributed by atoms with van der Waals surface area (Å²) in [5.41, 5.74) is 3.85. The first-order valence-electron chi connectivity index (χ1n) is 10.8. The van der Waals surface area contributed by atoms with Crippen molar-refractivity contribution in [3.05, 3.63) is 101 Å². The summed E-state index contributed by atoms with van der Waals surface area (Å²) >= 11 is 0. The van der Waals surface area contributed by atoms with E-state index in [1.807, 2.05) is 73.8 Å². The van der Waals surface area contributed by atoms with Gasteiger partial charge in [-0.15, -0.1) is 0 Å². The molecule has 1 aliphatic heterocycles. The third kappa shape index (κ3) is 5.37. The van der Waals surface area contributed by atoms with E-state index in [2.05, 4.69) is 10.3 Å². The Labute approximate surface area is 183 Å². The van der Waals surface area contributed by atoms with Gasteiger partial charge in [-0.05, 0) is 54.2 Å². The molecular weight excluding hydrogens is 386 g/mol.